The van der Waals surface area contributed by atoms with Gasteiger partial charge in [-0.2, -0.15) is 0 Å². The van der Waals surface area contributed by atoms with Gasteiger partial charge in [-0.25, -0.2) is 4.98 Å². The second-order valence-corrected chi connectivity index (χ2v) is 4.56. The number of halogens is 1. The summed E-state index contributed by atoms with van der Waals surface area (Å²) in [6.45, 7) is 3.95. The molecule has 1 aromatic carbocycles. The Morgan fingerprint density at radius 3 is 2.94 bits per heavy atom. The topological polar surface area (TPSA) is 38.1 Å². The molecule has 0 fully saturated rings. The summed E-state index contributed by atoms with van der Waals surface area (Å²) in [4.78, 5) is 4.28. The third-order valence-electron chi connectivity index (χ3n) is 2.46. The molecule has 2 rings (SSSR count). The van der Waals surface area contributed by atoms with Crippen LogP contribution in [0.2, 0.25) is 0 Å². The SMILES string of the molecule is CCNCCc1ncc(-c2ccccc2Br)o1. The highest BCUT2D eigenvalue weighted by Gasteiger charge is 2.08. The zero-order valence-electron chi connectivity index (χ0n) is 9.74. The van der Waals surface area contributed by atoms with Crippen molar-refractivity contribution in [1.29, 1.82) is 0 Å². The monoisotopic (exact) mass is 294 g/mol. The van der Waals surface area contributed by atoms with Crippen LogP contribution < -0.4 is 5.32 Å². The van der Waals surface area contributed by atoms with Crippen molar-refractivity contribution in [1.82, 2.24) is 10.3 Å². The molecule has 0 atom stereocenters. The molecule has 3 nitrogen and oxygen atoms in total. The van der Waals surface area contributed by atoms with Gasteiger partial charge < -0.3 is 9.73 Å². The summed E-state index contributed by atoms with van der Waals surface area (Å²) >= 11 is 3.51. The van der Waals surface area contributed by atoms with Crippen molar-refractivity contribution in [2.24, 2.45) is 0 Å². The number of oxazole rings is 1. The van der Waals surface area contributed by atoms with Crippen LogP contribution >= 0.6 is 15.9 Å². The van der Waals surface area contributed by atoms with Crippen molar-refractivity contribution in [3.8, 4) is 11.3 Å². The van der Waals surface area contributed by atoms with Gasteiger partial charge in [0.05, 0.1) is 6.20 Å². The molecule has 90 valence electrons. The molecule has 1 N–H and O–H groups in total. The van der Waals surface area contributed by atoms with Crippen LogP contribution in [0.15, 0.2) is 39.4 Å². The van der Waals surface area contributed by atoms with Crippen molar-refractivity contribution >= 4 is 15.9 Å². The minimum Gasteiger partial charge on any atom is -0.441 e. The van der Waals surface area contributed by atoms with Gasteiger partial charge in [-0.3, -0.25) is 0 Å². The standard InChI is InChI=1S/C13H15BrN2O/c1-2-15-8-7-13-16-9-12(17-13)10-5-3-4-6-11(10)14/h3-6,9,15H,2,7-8H2,1H3. The molecule has 4 heteroatoms. The molecule has 0 aliphatic rings. The molecule has 0 saturated carbocycles. The van der Waals surface area contributed by atoms with Crippen molar-refractivity contribution < 1.29 is 4.42 Å². The van der Waals surface area contributed by atoms with Crippen molar-refractivity contribution in [2.75, 3.05) is 13.1 Å². The van der Waals surface area contributed by atoms with Crippen LogP contribution in [0.3, 0.4) is 0 Å². The highest BCUT2D eigenvalue weighted by atomic mass is 79.9. The molecule has 2 aromatic rings. The normalized spacial score (nSPS) is 10.7. The lowest BCUT2D eigenvalue weighted by atomic mass is 10.2. The molecule has 0 spiro atoms. The smallest absolute Gasteiger partial charge is 0.196 e. The Hall–Kier alpha value is -1.13. The summed E-state index contributed by atoms with van der Waals surface area (Å²) in [5, 5.41) is 3.25. The number of hydrogen-bond acceptors (Lipinski definition) is 3. The molecule has 0 amide bonds. The predicted octanol–water partition coefficient (Wildman–Crippen LogP) is 3.26. The number of aromatic nitrogens is 1. The maximum Gasteiger partial charge on any atom is 0.196 e. The lowest BCUT2D eigenvalue weighted by molar-refractivity contribution is 0.497. The van der Waals surface area contributed by atoms with Gasteiger partial charge in [0.25, 0.3) is 0 Å². The van der Waals surface area contributed by atoms with Gasteiger partial charge in [-0.05, 0) is 12.6 Å². The van der Waals surface area contributed by atoms with Crippen LogP contribution in [0.25, 0.3) is 11.3 Å². The van der Waals surface area contributed by atoms with Gasteiger partial charge in [0, 0.05) is 23.0 Å². The zero-order valence-corrected chi connectivity index (χ0v) is 11.3. The second-order valence-electron chi connectivity index (χ2n) is 3.70. The molecule has 0 aliphatic carbocycles. The maximum atomic E-state index is 5.72. The van der Waals surface area contributed by atoms with E-state index in [1.165, 1.54) is 0 Å². The van der Waals surface area contributed by atoms with Gasteiger partial charge in [0.1, 0.15) is 0 Å². The highest BCUT2D eigenvalue weighted by molar-refractivity contribution is 9.10. The summed E-state index contributed by atoms with van der Waals surface area (Å²) in [5.41, 5.74) is 1.04. The fraction of sp³-hybridized carbons (Fsp3) is 0.308. The van der Waals surface area contributed by atoms with Crippen LogP contribution in [0, 0.1) is 0 Å². The Morgan fingerprint density at radius 1 is 1.35 bits per heavy atom. The van der Waals surface area contributed by atoms with Gasteiger partial charge >= 0.3 is 0 Å². The summed E-state index contributed by atoms with van der Waals surface area (Å²) in [5.74, 6) is 1.58. The van der Waals surface area contributed by atoms with Crippen LogP contribution in [0.5, 0.6) is 0 Å². The molecule has 0 saturated heterocycles. The minimum atomic E-state index is 0.775. The minimum absolute atomic E-state index is 0.775. The molecule has 0 bridgehead atoms. The molecular formula is C13H15BrN2O. The Morgan fingerprint density at radius 2 is 2.18 bits per heavy atom. The predicted molar refractivity (Wildman–Crippen MR) is 71.9 cm³/mol. The molecule has 0 radical (unpaired) electrons. The number of hydrogen-bond donors (Lipinski definition) is 1. The van der Waals surface area contributed by atoms with Crippen LogP contribution in [0.4, 0.5) is 0 Å². The Balaban J connectivity index is 2.10. The molecule has 1 aromatic heterocycles. The highest BCUT2D eigenvalue weighted by Crippen LogP contribution is 2.28. The maximum absolute atomic E-state index is 5.72. The molecule has 17 heavy (non-hydrogen) atoms. The first-order valence-electron chi connectivity index (χ1n) is 5.71. The van der Waals surface area contributed by atoms with E-state index >= 15 is 0 Å². The largest absolute Gasteiger partial charge is 0.441 e. The second kappa shape index (κ2) is 5.98. The van der Waals surface area contributed by atoms with Crippen LogP contribution in [0.1, 0.15) is 12.8 Å². The zero-order chi connectivity index (χ0) is 12.1. The fourth-order valence-electron chi connectivity index (χ4n) is 1.58. The first-order chi connectivity index (χ1) is 8.31. The Kier molecular flexibility index (Phi) is 4.34. The average molecular weight is 295 g/mol. The van der Waals surface area contributed by atoms with E-state index in [4.69, 9.17) is 4.42 Å². The fourth-order valence-corrected chi connectivity index (χ4v) is 2.06. The lowest BCUT2D eigenvalue weighted by Gasteiger charge is -1.99. The Labute approximate surface area is 109 Å². The van der Waals surface area contributed by atoms with E-state index < -0.39 is 0 Å². The van der Waals surface area contributed by atoms with Gasteiger partial charge in [0.2, 0.25) is 0 Å². The van der Waals surface area contributed by atoms with E-state index in [0.717, 1.165) is 41.2 Å². The average Bonchev–Trinajstić information content (AvgIpc) is 2.79. The van der Waals surface area contributed by atoms with E-state index in [1.807, 2.05) is 24.3 Å². The molecular weight excluding hydrogens is 280 g/mol. The number of nitrogens with zero attached hydrogens (tertiary/aromatic N) is 1. The van der Waals surface area contributed by atoms with Gasteiger partial charge in [-0.1, -0.05) is 41.1 Å². The first kappa shape index (κ1) is 12.3. The van der Waals surface area contributed by atoms with Crippen molar-refractivity contribution in [2.45, 2.75) is 13.3 Å². The summed E-state index contributed by atoms with van der Waals surface area (Å²) in [7, 11) is 0. The third kappa shape index (κ3) is 3.17. The number of nitrogens with one attached hydrogen (secondary N) is 1. The van der Waals surface area contributed by atoms with E-state index in [0.29, 0.717) is 0 Å². The molecule has 0 unspecified atom stereocenters. The van der Waals surface area contributed by atoms with E-state index in [2.05, 4.69) is 33.2 Å². The number of benzene rings is 1. The van der Waals surface area contributed by atoms with E-state index in [9.17, 15) is 0 Å². The molecule has 0 aliphatic heterocycles. The third-order valence-corrected chi connectivity index (χ3v) is 3.15. The van der Waals surface area contributed by atoms with Crippen LogP contribution in [-0.4, -0.2) is 18.1 Å². The first-order valence-corrected chi connectivity index (χ1v) is 6.51. The van der Waals surface area contributed by atoms with Gasteiger partial charge in [0.15, 0.2) is 11.7 Å². The number of rotatable bonds is 5. The van der Waals surface area contributed by atoms with E-state index in [-0.39, 0.29) is 0 Å². The quantitative estimate of drug-likeness (QED) is 0.860. The van der Waals surface area contributed by atoms with Gasteiger partial charge in [-0.15, -0.1) is 0 Å². The molecule has 1 heterocycles. The summed E-state index contributed by atoms with van der Waals surface area (Å²) in [6, 6.07) is 7.98. The van der Waals surface area contributed by atoms with Crippen molar-refractivity contribution in [3.63, 3.8) is 0 Å². The summed E-state index contributed by atoms with van der Waals surface area (Å²) in [6.07, 6.45) is 2.60. The number of likely N-dealkylation sites (N-methyl/N-ethyl adjacent to an activating group) is 1. The lowest BCUT2D eigenvalue weighted by Crippen LogP contribution is -2.16. The van der Waals surface area contributed by atoms with E-state index in [1.54, 1.807) is 6.20 Å². The Bertz CT molecular complexity index is 482. The van der Waals surface area contributed by atoms with Crippen molar-refractivity contribution in [3.05, 3.63) is 40.8 Å². The summed E-state index contributed by atoms with van der Waals surface area (Å²) < 4.78 is 6.74. The van der Waals surface area contributed by atoms with Crippen LogP contribution in [-0.2, 0) is 6.42 Å².